The van der Waals surface area contributed by atoms with E-state index in [9.17, 15) is 4.79 Å². The number of pyridine rings is 1. The van der Waals surface area contributed by atoms with Crippen molar-refractivity contribution in [1.29, 1.82) is 0 Å². The van der Waals surface area contributed by atoms with Crippen molar-refractivity contribution in [3.63, 3.8) is 0 Å². The molecule has 2 N–H and O–H groups in total. The summed E-state index contributed by atoms with van der Waals surface area (Å²) in [5, 5.41) is 13.3. The van der Waals surface area contributed by atoms with Gasteiger partial charge in [0.05, 0.1) is 5.39 Å². The molecule has 0 radical (unpaired) electrons. The van der Waals surface area contributed by atoms with Gasteiger partial charge in [-0.3, -0.25) is 9.78 Å². The average Bonchev–Trinajstić information content (AvgIpc) is 3.29. The minimum absolute atomic E-state index is 0.0465. The molecule has 0 atom stereocenters. The molecule has 35 heavy (non-hydrogen) atoms. The Labute approximate surface area is 208 Å². The number of benzene rings is 1. The maximum atomic E-state index is 13.1. The second-order valence-electron chi connectivity index (χ2n) is 8.53. The molecule has 5 rings (SSSR count). The standard InChI is InChI=1S/C26H28N6O2S/c1-18-16-21-23(29-26(27-10-5-15-33)30-24(21)35-18)31-11-13-32(14-12-31)25(34)22-9-8-20(17-28-22)19-6-3-2-4-7-19/h2-4,6-9,16-17,33H,5,10-15H2,1H3,(H,27,29,30). The third-order valence-corrected chi connectivity index (χ3v) is 7.01. The maximum absolute atomic E-state index is 13.1. The van der Waals surface area contributed by atoms with Gasteiger partial charge in [0, 0.05) is 56.0 Å². The predicted molar refractivity (Wildman–Crippen MR) is 140 cm³/mol. The van der Waals surface area contributed by atoms with E-state index in [-0.39, 0.29) is 12.5 Å². The van der Waals surface area contributed by atoms with Gasteiger partial charge in [-0.2, -0.15) is 4.98 Å². The first kappa shape index (κ1) is 23.2. The van der Waals surface area contributed by atoms with Gasteiger partial charge in [0.1, 0.15) is 16.3 Å². The number of hydrogen-bond donors (Lipinski definition) is 2. The fourth-order valence-corrected chi connectivity index (χ4v) is 5.11. The van der Waals surface area contributed by atoms with Crippen molar-refractivity contribution in [2.45, 2.75) is 13.3 Å². The molecule has 0 aliphatic carbocycles. The van der Waals surface area contributed by atoms with Crippen molar-refractivity contribution in [2.24, 2.45) is 0 Å². The van der Waals surface area contributed by atoms with Crippen LogP contribution in [-0.4, -0.2) is 70.2 Å². The molecule has 9 heteroatoms. The van der Waals surface area contributed by atoms with Gasteiger partial charge < -0.3 is 20.2 Å². The number of thiophene rings is 1. The molecule has 1 aromatic carbocycles. The summed E-state index contributed by atoms with van der Waals surface area (Å²) in [6.07, 6.45) is 2.40. The highest BCUT2D eigenvalue weighted by Gasteiger charge is 2.25. The highest BCUT2D eigenvalue weighted by molar-refractivity contribution is 7.18. The van der Waals surface area contributed by atoms with Crippen molar-refractivity contribution in [3.8, 4) is 11.1 Å². The maximum Gasteiger partial charge on any atom is 0.272 e. The molecule has 0 unspecified atom stereocenters. The van der Waals surface area contributed by atoms with E-state index in [0.717, 1.165) is 27.2 Å². The lowest BCUT2D eigenvalue weighted by atomic mass is 10.1. The molecule has 1 amide bonds. The van der Waals surface area contributed by atoms with E-state index in [1.807, 2.05) is 47.4 Å². The number of nitrogens with zero attached hydrogens (tertiary/aromatic N) is 5. The Morgan fingerprint density at radius 3 is 2.57 bits per heavy atom. The molecule has 8 nitrogen and oxygen atoms in total. The summed E-state index contributed by atoms with van der Waals surface area (Å²) < 4.78 is 0. The van der Waals surface area contributed by atoms with Gasteiger partial charge in [-0.05, 0) is 31.0 Å². The summed E-state index contributed by atoms with van der Waals surface area (Å²) in [6.45, 7) is 5.38. The summed E-state index contributed by atoms with van der Waals surface area (Å²) in [4.78, 5) is 33.2. The highest BCUT2D eigenvalue weighted by Crippen LogP contribution is 2.32. The molecule has 1 aliphatic rings. The third kappa shape index (κ3) is 5.11. The molecule has 3 aromatic heterocycles. The molecule has 4 heterocycles. The van der Waals surface area contributed by atoms with Crippen molar-refractivity contribution >= 4 is 39.2 Å². The second kappa shape index (κ2) is 10.4. The number of amides is 1. The number of carbonyl (C=O) groups excluding carboxylic acids is 1. The van der Waals surface area contributed by atoms with Gasteiger partial charge in [0.25, 0.3) is 5.91 Å². The number of aryl methyl sites for hydroxylation is 1. The van der Waals surface area contributed by atoms with Gasteiger partial charge in [-0.1, -0.05) is 36.4 Å². The van der Waals surface area contributed by atoms with Crippen molar-refractivity contribution in [3.05, 3.63) is 65.3 Å². The summed E-state index contributed by atoms with van der Waals surface area (Å²) in [7, 11) is 0. The molecular weight excluding hydrogens is 460 g/mol. The van der Waals surface area contributed by atoms with Crippen LogP contribution in [0.2, 0.25) is 0 Å². The SMILES string of the molecule is Cc1cc2c(N3CCN(C(=O)c4ccc(-c5ccccc5)cn4)CC3)nc(NCCCO)nc2s1. The van der Waals surface area contributed by atoms with Crippen LogP contribution in [0.4, 0.5) is 11.8 Å². The van der Waals surface area contributed by atoms with Crippen LogP contribution in [0.25, 0.3) is 21.3 Å². The average molecular weight is 489 g/mol. The molecule has 180 valence electrons. The van der Waals surface area contributed by atoms with Gasteiger partial charge in [0.2, 0.25) is 5.95 Å². The number of rotatable bonds is 7. The molecule has 1 fully saturated rings. The lowest BCUT2D eigenvalue weighted by Crippen LogP contribution is -2.49. The third-order valence-electron chi connectivity index (χ3n) is 6.07. The minimum Gasteiger partial charge on any atom is -0.396 e. The zero-order valence-corrected chi connectivity index (χ0v) is 20.5. The molecule has 1 aliphatic heterocycles. The zero-order chi connectivity index (χ0) is 24.2. The van der Waals surface area contributed by atoms with Crippen molar-refractivity contribution < 1.29 is 9.90 Å². The number of aliphatic hydroxyl groups is 1. The van der Waals surface area contributed by atoms with Gasteiger partial charge in [-0.15, -0.1) is 11.3 Å². The van der Waals surface area contributed by atoms with E-state index >= 15 is 0 Å². The van der Waals surface area contributed by atoms with Crippen LogP contribution >= 0.6 is 11.3 Å². The first-order chi connectivity index (χ1) is 17.1. The number of nitrogens with one attached hydrogen (secondary N) is 1. The fraction of sp³-hybridized carbons (Fsp3) is 0.308. The highest BCUT2D eigenvalue weighted by atomic mass is 32.1. The van der Waals surface area contributed by atoms with Gasteiger partial charge >= 0.3 is 0 Å². The van der Waals surface area contributed by atoms with Crippen molar-refractivity contribution in [2.75, 3.05) is 49.5 Å². The second-order valence-corrected chi connectivity index (χ2v) is 9.76. The van der Waals surface area contributed by atoms with Crippen LogP contribution in [0, 0.1) is 6.92 Å². The Morgan fingerprint density at radius 2 is 1.86 bits per heavy atom. The van der Waals surface area contributed by atoms with Crippen LogP contribution in [0.15, 0.2) is 54.7 Å². The number of carbonyl (C=O) groups is 1. The van der Waals surface area contributed by atoms with Crippen molar-refractivity contribution in [1.82, 2.24) is 19.9 Å². The van der Waals surface area contributed by atoms with Crippen LogP contribution in [0.3, 0.4) is 0 Å². The molecule has 1 saturated heterocycles. The van der Waals surface area contributed by atoms with Crippen LogP contribution in [0.5, 0.6) is 0 Å². The molecule has 4 aromatic rings. The Balaban J connectivity index is 1.28. The number of fused-ring (bicyclic) bond motifs is 1. The zero-order valence-electron chi connectivity index (χ0n) is 19.6. The predicted octanol–water partition coefficient (Wildman–Crippen LogP) is 3.82. The fourth-order valence-electron chi connectivity index (χ4n) is 4.23. The molecule has 0 bridgehead atoms. The number of hydrogen-bond acceptors (Lipinski definition) is 8. The number of anilines is 2. The Hall–Kier alpha value is -3.56. The number of piperazine rings is 1. The normalized spacial score (nSPS) is 13.9. The van der Waals surface area contributed by atoms with E-state index < -0.39 is 0 Å². The lowest BCUT2D eigenvalue weighted by molar-refractivity contribution is 0.0740. The van der Waals surface area contributed by atoms with E-state index in [2.05, 4.69) is 33.2 Å². The summed E-state index contributed by atoms with van der Waals surface area (Å²) in [5.74, 6) is 1.42. The van der Waals surface area contributed by atoms with E-state index in [4.69, 9.17) is 10.1 Å². The number of aliphatic hydroxyl groups excluding tert-OH is 1. The Bertz CT molecular complexity index is 1300. The summed E-state index contributed by atoms with van der Waals surface area (Å²) >= 11 is 1.65. The van der Waals surface area contributed by atoms with Crippen LogP contribution in [-0.2, 0) is 0 Å². The van der Waals surface area contributed by atoms with E-state index in [1.54, 1.807) is 17.5 Å². The first-order valence-corrected chi connectivity index (χ1v) is 12.6. The van der Waals surface area contributed by atoms with Crippen LogP contribution < -0.4 is 10.2 Å². The Kier molecular flexibility index (Phi) is 6.87. The largest absolute Gasteiger partial charge is 0.396 e. The van der Waals surface area contributed by atoms with Gasteiger partial charge in [0.15, 0.2) is 0 Å². The van der Waals surface area contributed by atoms with E-state index in [1.165, 1.54) is 4.88 Å². The topological polar surface area (TPSA) is 94.5 Å². The molecule has 0 saturated carbocycles. The van der Waals surface area contributed by atoms with Crippen LogP contribution in [0.1, 0.15) is 21.8 Å². The smallest absolute Gasteiger partial charge is 0.272 e. The monoisotopic (exact) mass is 488 g/mol. The van der Waals surface area contributed by atoms with E-state index in [0.29, 0.717) is 50.8 Å². The summed E-state index contributed by atoms with van der Waals surface area (Å²) in [5.41, 5.74) is 2.54. The Morgan fingerprint density at radius 1 is 1.06 bits per heavy atom. The molecular formula is C26H28N6O2S. The van der Waals surface area contributed by atoms with Gasteiger partial charge in [-0.25, -0.2) is 4.98 Å². The first-order valence-electron chi connectivity index (χ1n) is 11.8. The lowest BCUT2D eigenvalue weighted by Gasteiger charge is -2.35. The summed E-state index contributed by atoms with van der Waals surface area (Å²) in [6, 6.07) is 15.9. The number of aromatic nitrogens is 3. The molecule has 0 spiro atoms. The minimum atomic E-state index is -0.0465. The quantitative estimate of drug-likeness (QED) is 0.382.